The summed E-state index contributed by atoms with van der Waals surface area (Å²) < 4.78 is 9.56. The van der Waals surface area contributed by atoms with Crippen molar-refractivity contribution in [1.29, 1.82) is 0 Å². The number of carbonyl (C=O) groups is 1. The lowest BCUT2D eigenvalue weighted by Gasteiger charge is -2.14. The van der Waals surface area contributed by atoms with E-state index in [4.69, 9.17) is 10.2 Å². The second kappa shape index (κ2) is 4.78. The molecule has 0 aromatic carbocycles. The lowest BCUT2D eigenvalue weighted by atomic mass is 10.1. The SMILES string of the molecule is CCOC(=O)C(N)C(O)c1ccco1. The van der Waals surface area contributed by atoms with E-state index in [0.717, 1.165) is 0 Å². The molecule has 5 nitrogen and oxygen atoms in total. The number of aliphatic hydroxyl groups excluding tert-OH is 1. The molecule has 2 unspecified atom stereocenters. The van der Waals surface area contributed by atoms with Crippen LogP contribution in [0.25, 0.3) is 0 Å². The largest absolute Gasteiger partial charge is 0.467 e. The van der Waals surface area contributed by atoms with Crippen LogP contribution >= 0.6 is 0 Å². The maximum absolute atomic E-state index is 11.1. The summed E-state index contributed by atoms with van der Waals surface area (Å²) in [5.74, 6) is -0.387. The third kappa shape index (κ3) is 2.34. The molecule has 0 spiro atoms. The number of hydrogen-bond acceptors (Lipinski definition) is 5. The lowest BCUT2D eigenvalue weighted by molar-refractivity contribution is -0.147. The fourth-order valence-corrected chi connectivity index (χ4v) is 1.00. The van der Waals surface area contributed by atoms with Gasteiger partial charge in [-0.05, 0) is 19.1 Å². The summed E-state index contributed by atoms with van der Waals surface area (Å²) in [4.78, 5) is 11.1. The Bertz CT molecular complexity index is 283. The lowest BCUT2D eigenvalue weighted by Crippen LogP contribution is -2.38. The smallest absolute Gasteiger partial charge is 0.326 e. The minimum absolute atomic E-state index is 0.234. The number of rotatable bonds is 4. The van der Waals surface area contributed by atoms with Gasteiger partial charge in [0.1, 0.15) is 17.9 Å². The molecule has 0 radical (unpaired) electrons. The van der Waals surface area contributed by atoms with Crippen molar-refractivity contribution in [2.24, 2.45) is 5.73 Å². The fraction of sp³-hybridized carbons (Fsp3) is 0.444. The minimum atomic E-state index is -1.16. The number of aliphatic hydroxyl groups is 1. The molecule has 5 heteroatoms. The van der Waals surface area contributed by atoms with Gasteiger partial charge in [0, 0.05) is 0 Å². The molecule has 0 amide bonds. The Morgan fingerprint density at radius 3 is 3.00 bits per heavy atom. The van der Waals surface area contributed by atoms with Gasteiger partial charge < -0.3 is 20.0 Å². The molecule has 0 saturated heterocycles. The number of furan rings is 1. The van der Waals surface area contributed by atoms with Crippen molar-refractivity contribution in [1.82, 2.24) is 0 Å². The van der Waals surface area contributed by atoms with Gasteiger partial charge in [0.2, 0.25) is 0 Å². The molecule has 0 saturated carbocycles. The van der Waals surface area contributed by atoms with Crippen LogP contribution in [0.15, 0.2) is 22.8 Å². The van der Waals surface area contributed by atoms with Gasteiger partial charge >= 0.3 is 5.97 Å². The van der Waals surface area contributed by atoms with E-state index >= 15 is 0 Å². The Morgan fingerprint density at radius 1 is 1.79 bits per heavy atom. The Labute approximate surface area is 81.5 Å². The highest BCUT2D eigenvalue weighted by Crippen LogP contribution is 2.16. The van der Waals surface area contributed by atoms with E-state index < -0.39 is 18.1 Å². The molecule has 0 aliphatic rings. The van der Waals surface area contributed by atoms with E-state index in [0.29, 0.717) is 0 Å². The van der Waals surface area contributed by atoms with Crippen molar-refractivity contribution < 1.29 is 19.1 Å². The Kier molecular flexibility index (Phi) is 3.67. The first-order valence-corrected chi connectivity index (χ1v) is 4.30. The summed E-state index contributed by atoms with van der Waals surface area (Å²) in [6, 6.07) is 2.04. The van der Waals surface area contributed by atoms with Gasteiger partial charge in [-0.2, -0.15) is 0 Å². The van der Waals surface area contributed by atoms with Crippen LogP contribution in [-0.4, -0.2) is 23.7 Å². The van der Waals surface area contributed by atoms with E-state index in [-0.39, 0.29) is 12.4 Å². The normalized spacial score (nSPS) is 14.8. The van der Waals surface area contributed by atoms with Gasteiger partial charge in [0.15, 0.2) is 0 Å². The van der Waals surface area contributed by atoms with Gasteiger partial charge in [-0.15, -0.1) is 0 Å². The van der Waals surface area contributed by atoms with Crippen LogP contribution in [0.5, 0.6) is 0 Å². The zero-order chi connectivity index (χ0) is 10.6. The summed E-state index contributed by atoms with van der Waals surface area (Å²) in [6.45, 7) is 1.90. The molecular formula is C9H13NO4. The first kappa shape index (κ1) is 10.7. The van der Waals surface area contributed by atoms with E-state index in [1.807, 2.05) is 0 Å². The van der Waals surface area contributed by atoms with Gasteiger partial charge in [-0.3, -0.25) is 4.79 Å². The number of ether oxygens (including phenoxy) is 1. The van der Waals surface area contributed by atoms with Crippen molar-refractivity contribution in [3.8, 4) is 0 Å². The summed E-state index contributed by atoms with van der Waals surface area (Å²) in [6.07, 6.45) is 0.236. The third-order valence-electron chi connectivity index (χ3n) is 1.73. The molecule has 2 atom stereocenters. The molecule has 3 N–H and O–H groups in total. The van der Waals surface area contributed by atoms with Gasteiger partial charge in [-0.1, -0.05) is 0 Å². The molecule has 1 aromatic heterocycles. The van der Waals surface area contributed by atoms with Crippen LogP contribution in [0.2, 0.25) is 0 Å². The van der Waals surface area contributed by atoms with Crippen LogP contribution < -0.4 is 5.73 Å². The molecule has 1 rings (SSSR count). The average molecular weight is 199 g/mol. The Hall–Kier alpha value is -1.33. The topological polar surface area (TPSA) is 85.7 Å². The number of nitrogens with two attached hydrogens (primary N) is 1. The molecule has 78 valence electrons. The maximum atomic E-state index is 11.1. The van der Waals surface area contributed by atoms with E-state index in [1.165, 1.54) is 6.26 Å². The molecule has 0 aliphatic carbocycles. The Morgan fingerprint density at radius 2 is 2.50 bits per heavy atom. The van der Waals surface area contributed by atoms with E-state index in [9.17, 15) is 9.90 Å². The maximum Gasteiger partial charge on any atom is 0.326 e. The summed E-state index contributed by atoms with van der Waals surface area (Å²) >= 11 is 0. The van der Waals surface area contributed by atoms with Gasteiger partial charge in [0.05, 0.1) is 12.9 Å². The summed E-state index contributed by atoms with van der Waals surface area (Å²) in [7, 11) is 0. The molecule has 14 heavy (non-hydrogen) atoms. The number of hydrogen-bond donors (Lipinski definition) is 2. The van der Waals surface area contributed by atoms with Crippen LogP contribution in [0, 0.1) is 0 Å². The second-order valence-corrected chi connectivity index (χ2v) is 2.74. The van der Waals surface area contributed by atoms with Crippen molar-refractivity contribution in [2.45, 2.75) is 19.1 Å². The first-order chi connectivity index (χ1) is 6.66. The van der Waals surface area contributed by atoms with Crippen molar-refractivity contribution >= 4 is 5.97 Å². The quantitative estimate of drug-likeness (QED) is 0.677. The van der Waals surface area contributed by atoms with Crippen molar-refractivity contribution in [2.75, 3.05) is 6.61 Å². The van der Waals surface area contributed by atoms with Crippen LogP contribution in [0.4, 0.5) is 0 Å². The predicted molar refractivity (Wildman–Crippen MR) is 48.3 cm³/mol. The highest BCUT2D eigenvalue weighted by atomic mass is 16.5. The zero-order valence-electron chi connectivity index (χ0n) is 7.84. The summed E-state index contributed by atoms with van der Waals surface area (Å²) in [5.41, 5.74) is 5.45. The van der Waals surface area contributed by atoms with E-state index in [1.54, 1.807) is 19.1 Å². The highest BCUT2D eigenvalue weighted by molar-refractivity contribution is 5.76. The molecule has 0 bridgehead atoms. The fourth-order valence-electron chi connectivity index (χ4n) is 1.00. The standard InChI is InChI=1S/C9H13NO4/c1-2-13-9(12)7(10)8(11)6-4-3-5-14-6/h3-5,7-8,11H,2,10H2,1H3. The van der Waals surface area contributed by atoms with Crippen LogP contribution in [-0.2, 0) is 9.53 Å². The van der Waals surface area contributed by atoms with Crippen molar-refractivity contribution in [3.63, 3.8) is 0 Å². The summed E-state index contributed by atoms with van der Waals surface area (Å²) in [5, 5.41) is 9.56. The van der Waals surface area contributed by atoms with Gasteiger partial charge in [0.25, 0.3) is 0 Å². The second-order valence-electron chi connectivity index (χ2n) is 2.74. The molecule has 0 fully saturated rings. The zero-order valence-corrected chi connectivity index (χ0v) is 7.84. The van der Waals surface area contributed by atoms with Crippen LogP contribution in [0.3, 0.4) is 0 Å². The predicted octanol–water partition coefficient (Wildman–Crippen LogP) is 0.203. The molecule has 1 aromatic rings. The average Bonchev–Trinajstić information content (AvgIpc) is 2.68. The van der Waals surface area contributed by atoms with Crippen LogP contribution in [0.1, 0.15) is 18.8 Å². The molecular weight excluding hydrogens is 186 g/mol. The number of carbonyl (C=O) groups excluding carboxylic acids is 1. The van der Waals surface area contributed by atoms with Gasteiger partial charge in [-0.25, -0.2) is 0 Å². The minimum Gasteiger partial charge on any atom is -0.467 e. The highest BCUT2D eigenvalue weighted by Gasteiger charge is 2.27. The third-order valence-corrected chi connectivity index (χ3v) is 1.73. The van der Waals surface area contributed by atoms with E-state index in [2.05, 4.69) is 4.74 Å². The first-order valence-electron chi connectivity index (χ1n) is 4.30. The molecule has 1 heterocycles. The monoisotopic (exact) mass is 199 g/mol. The Balaban J connectivity index is 2.61. The number of esters is 1. The molecule has 0 aliphatic heterocycles. The van der Waals surface area contributed by atoms with Crippen molar-refractivity contribution in [3.05, 3.63) is 24.2 Å².